The fourth-order valence-corrected chi connectivity index (χ4v) is 2.72. The maximum Gasteiger partial charge on any atom is 0.421 e. The summed E-state index contributed by atoms with van der Waals surface area (Å²) in [5.74, 6) is -0.137. The van der Waals surface area contributed by atoms with Crippen LogP contribution in [-0.4, -0.2) is 17.0 Å². The molecule has 1 N–H and O–H groups in total. The van der Waals surface area contributed by atoms with E-state index in [1.54, 1.807) is 36.2 Å². The average molecular weight is 437 g/mol. The number of halogens is 4. The van der Waals surface area contributed by atoms with Crippen molar-refractivity contribution in [3.05, 3.63) is 70.3 Å². The zero-order valence-corrected chi connectivity index (χ0v) is 16.1. The minimum Gasteiger partial charge on any atom is -0.340 e. The van der Waals surface area contributed by atoms with Crippen LogP contribution in [0, 0.1) is 6.92 Å². The number of benzene rings is 2. The molecule has 0 fully saturated rings. The normalized spacial score (nSPS) is 11.3. The zero-order valence-electron chi connectivity index (χ0n) is 14.5. The lowest BCUT2D eigenvalue weighted by Gasteiger charge is -2.20. The lowest BCUT2D eigenvalue weighted by molar-refractivity contribution is -0.137. The van der Waals surface area contributed by atoms with Gasteiger partial charge >= 0.3 is 6.18 Å². The van der Waals surface area contributed by atoms with Gasteiger partial charge in [0.1, 0.15) is 11.4 Å². The molecule has 0 radical (unpaired) electrons. The maximum atomic E-state index is 13.4. The van der Waals surface area contributed by atoms with Crippen LogP contribution in [0.25, 0.3) is 0 Å². The van der Waals surface area contributed by atoms with E-state index in [4.69, 9.17) is 0 Å². The highest BCUT2D eigenvalue weighted by Crippen LogP contribution is 2.36. The number of nitrogens with zero attached hydrogens (tertiary/aromatic N) is 3. The van der Waals surface area contributed by atoms with Crippen molar-refractivity contribution in [1.29, 1.82) is 0 Å². The van der Waals surface area contributed by atoms with E-state index < -0.39 is 11.7 Å². The highest BCUT2D eigenvalue weighted by molar-refractivity contribution is 9.10. The Hall–Kier alpha value is -2.61. The summed E-state index contributed by atoms with van der Waals surface area (Å²) in [6, 6.07) is 14.3. The fraction of sp³-hybridized carbons (Fsp3) is 0.158. The predicted octanol–water partition coefficient (Wildman–Crippen LogP) is 6.08. The highest BCUT2D eigenvalue weighted by Gasteiger charge is 2.35. The largest absolute Gasteiger partial charge is 0.421 e. The number of nitrogens with one attached hydrogen (secondary N) is 1. The third-order valence-electron chi connectivity index (χ3n) is 3.88. The van der Waals surface area contributed by atoms with Crippen LogP contribution in [0.2, 0.25) is 0 Å². The first-order valence-corrected chi connectivity index (χ1v) is 8.80. The second-order valence-electron chi connectivity index (χ2n) is 5.96. The molecule has 4 nitrogen and oxygen atoms in total. The molecule has 0 amide bonds. The van der Waals surface area contributed by atoms with Gasteiger partial charge in [-0.25, -0.2) is 4.98 Å². The number of aryl methyl sites for hydroxylation is 1. The molecule has 0 saturated heterocycles. The van der Waals surface area contributed by atoms with Crippen LogP contribution in [0.4, 0.5) is 36.3 Å². The number of hydrogen-bond acceptors (Lipinski definition) is 4. The van der Waals surface area contributed by atoms with Crippen LogP contribution < -0.4 is 10.2 Å². The van der Waals surface area contributed by atoms with Crippen molar-refractivity contribution in [3.63, 3.8) is 0 Å². The summed E-state index contributed by atoms with van der Waals surface area (Å²) in [5, 5.41) is 2.75. The van der Waals surface area contributed by atoms with Crippen molar-refractivity contribution in [3.8, 4) is 0 Å². The maximum absolute atomic E-state index is 13.4. The van der Waals surface area contributed by atoms with Crippen molar-refractivity contribution in [2.24, 2.45) is 0 Å². The lowest BCUT2D eigenvalue weighted by atomic mass is 10.2. The van der Waals surface area contributed by atoms with Gasteiger partial charge in [-0.05, 0) is 48.9 Å². The van der Waals surface area contributed by atoms with E-state index in [2.05, 4.69) is 31.2 Å². The van der Waals surface area contributed by atoms with Gasteiger partial charge in [0.15, 0.2) is 0 Å². The van der Waals surface area contributed by atoms with Gasteiger partial charge in [-0.2, -0.15) is 18.2 Å². The molecule has 1 heterocycles. The van der Waals surface area contributed by atoms with Gasteiger partial charge in [-0.15, -0.1) is 0 Å². The molecule has 0 spiro atoms. The topological polar surface area (TPSA) is 41.1 Å². The smallest absolute Gasteiger partial charge is 0.340 e. The van der Waals surface area contributed by atoms with Crippen molar-refractivity contribution < 1.29 is 13.2 Å². The molecule has 0 unspecified atom stereocenters. The molecule has 0 bridgehead atoms. The van der Waals surface area contributed by atoms with Gasteiger partial charge in [0.25, 0.3) is 0 Å². The van der Waals surface area contributed by atoms with Crippen molar-refractivity contribution in [2.75, 3.05) is 17.3 Å². The zero-order chi connectivity index (χ0) is 19.6. The average Bonchev–Trinajstić information content (AvgIpc) is 2.62. The predicted molar refractivity (Wildman–Crippen MR) is 104 cm³/mol. The molecule has 0 saturated carbocycles. The number of alkyl halides is 3. The summed E-state index contributed by atoms with van der Waals surface area (Å²) in [6.45, 7) is 1.94. The van der Waals surface area contributed by atoms with E-state index in [0.29, 0.717) is 5.69 Å². The molecular weight excluding hydrogens is 421 g/mol. The van der Waals surface area contributed by atoms with Gasteiger partial charge < -0.3 is 10.2 Å². The van der Waals surface area contributed by atoms with Gasteiger partial charge in [-0.1, -0.05) is 28.1 Å². The van der Waals surface area contributed by atoms with Crippen LogP contribution >= 0.6 is 15.9 Å². The second kappa shape index (κ2) is 7.56. The number of anilines is 4. The Morgan fingerprint density at radius 2 is 1.78 bits per heavy atom. The van der Waals surface area contributed by atoms with Crippen molar-refractivity contribution in [1.82, 2.24) is 9.97 Å². The number of aromatic nitrogens is 2. The lowest BCUT2D eigenvalue weighted by Crippen LogP contribution is -2.17. The SMILES string of the molecule is Cc1cccc(N(C)c2ncc(C(F)(F)F)c(Nc3ccc(Br)cc3)n2)c1. The summed E-state index contributed by atoms with van der Waals surface area (Å²) < 4.78 is 41.0. The van der Waals surface area contributed by atoms with Crippen LogP contribution in [0.15, 0.2) is 59.2 Å². The van der Waals surface area contributed by atoms with E-state index in [1.165, 1.54) is 0 Å². The number of hydrogen-bond donors (Lipinski definition) is 1. The summed E-state index contributed by atoms with van der Waals surface area (Å²) in [7, 11) is 1.71. The highest BCUT2D eigenvalue weighted by atomic mass is 79.9. The van der Waals surface area contributed by atoms with Gasteiger partial charge in [-0.3, -0.25) is 0 Å². The molecule has 8 heteroatoms. The Morgan fingerprint density at radius 1 is 1.07 bits per heavy atom. The quantitative estimate of drug-likeness (QED) is 0.538. The molecule has 0 aliphatic heterocycles. The Balaban J connectivity index is 2.01. The van der Waals surface area contributed by atoms with Crippen molar-refractivity contribution >= 4 is 39.1 Å². The van der Waals surface area contributed by atoms with Crippen LogP contribution in [0.1, 0.15) is 11.1 Å². The van der Waals surface area contributed by atoms with Crippen molar-refractivity contribution in [2.45, 2.75) is 13.1 Å². The molecular formula is C19H16BrF3N4. The molecule has 1 aromatic heterocycles. The molecule has 0 atom stereocenters. The molecule has 140 valence electrons. The summed E-state index contributed by atoms with van der Waals surface area (Å²) >= 11 is 3.30. The third-order valence-corrected chi connectivity index (χ3v) is 4.41. The van der Waals surface area contributed by atoms with Gasteiger partial charge in [0.05, 0.1) is 0 Å². The first-order chi connectivity index (χ1) is 12.7. The van der Waals surface area contributed by atoms with Crippen LogP contribution in [-0.2, 0) is 6.18 Å². The minimum atomic E-state index is -4.57. The van der Waals surface area contributed by atoms with E-state index in [1.807, 2.05) is 31.2 Å². The van der Waals surface area contributed by atoms with E-state index in [-0.39, 0.29) is 11.8 Å². The fourth-order valence-electron chi connectivity index (χ4n) is 2.46. The van der Waals surface area contributed by atoms with Gasteiger partial charge in [0.2, 0.25) is 5.95 Å². The third kappa shape index (κ3) is 4.57. The molecule has 3 rings (SSSR count). The summed E-state index contributed by atoms with van der Waals surface area (Å²) in [6.07, 6.45) is -3.77. The minimum absolute atomic E-state index is 0.160. The molecule has 3 aromatic rings. The van der Waals surface area contributed by atoms with Gasteiger partial charge in [0, 0.05) is 29.1 Å². The van der Waals surface area contributed by atoms with Crippen LogP contribution in [0.5, 0.6) is 0 Å². The molecule has 0 aliphatic rings. The van der Waals surface area contributed by atoms with Crippen LogP contribution in [0.3, 0.4) is 0 Å². The first-order valence-electron chi connectivity index (χ1n) is 8.01. The summed E-state index contributed by atoms with van der Waals surface area (Å²) in [5.41, 5.74) is 1.38. The molecule has 0 aliphatic carbocycles. The monoisotopic (exact) mass is 436 g/mol. The Labute approximate surface area is 163 Å². The van der Waals surface area contributed by atoms with E-state index in [9.17, 15) is 13.2 Å². The first kappa shape index (κ1) is 19.2. The standard InChI is InChI=1S/C19H16BrF3N4/c1-12-4-3-5-15(10-12)27(2)18-24-11-16(19(21,22)23)17(26-18)25-14-8-6-13(20)7-9-14/h3-11H,1-2H3,(H,24,25,26). The Bertz CT molecular complexity index is 942. The number of rotatable bonds is 4. The van der Waals surface area contributed by atoms with E-state index in [0.717, 1.165) is 21.9 Å². The second-order valence-corrected chi connectivity index (χ2v) is 6.88. The Morgan fingerprint density at radius 3 is 2.41 bits per heavy atom. The molecule has 27 heavy (non-hydrogen) atoms. The summed E-state index contributed by atoms with van der Waals surface area (Å²) in [4.78, 5) is 9.69. The Kier molecular flexibility index (Phi) is 5.36. The molecule has 2 aromatic carbocycles. The van der Waals surface area contributed by atoms with E-state index >= 15 is 0 Å².